The second-order valence-corrected chi connectivity index (χ2v) is 4.02. The fourth-order valence-electron chi connectivity index (χ4n) is 1.79. The maximum atomic E-state index is 12.4. The van der Waals surface area contributed by atoms with E-state index in [1.54, 1.807) is 18.2 Å². The average molecular weight is 270 g/mol. The first-order chi connectivity index (χ1) is 8.82. The van der Waals surface area contributed by atoms with E-state index in [1.165, 1.54) is 19.1 Å². The van der Waals surface area contributed by atoms with Crippen molar-refractivity contribution in [3.05, 3.63) is 30.3 Å². The molecule has 1 aromatic rings. The number of para-hydroxylation sites is 1. The van der Waals surface area contributed by atoms with Crippen LogP contribution in [0.15, 0.2) is 35.4 Å². The zero-order valence-corrected chi connectivity index (χ0v) is 9.81. The normalized spacial score (nSPS) is 19.6. The molecule has 0 N–H and O–H groups in total. The predicted octanol–water partition coefficient (Wildman–Crippen LogP) is 2.16. The van der Waals surface area contributed by atoms with Crippen molar-refractivity contribution in [3.63, 3.8) is 0 Å². The molecule has 100 valence electrons. The summed E-state index contributed by atoms with van der Waals surface area (Å²) < 4.78 is 37.2. The van der Waals surface area contributed by atoms with E-state index in [2.05, 4.69) is 5.10 Å². The van der Waals surface area contributed by atoms with Crippen molar-refractivity contribution in [1.29, 1.82) is 0 Å². The second-order valence-electron chi connectivity index (χ2n) is 4.02. The standard InChI is InChI=1S/C12H9F3N2O2/c1-7-9(10(18)12(13,14)15)11(19)17(16-7)8-5-3-2-4-6-8/h2-6,9H,1H3. The monoisotopic (exact) mass is 270 g/mol. The summed E-state index contributed by atoms with van der Waals surface area (Å²) in [6.07, 6.45) is -5.05. The van der Waals surface area contributed by atoms with Crippen LogP contribution in [0.5, 0.6) is 0 Å². The molecule has 1 atom stereocenters. The lowest BCUT2D eigenvalue weighted by atomic mass is 9.99. The quantitative estimate of drug-likeness (QED) is 0.773. The first-order valence-corrected chi connectivity index (χ1v) is 5.37. The van der Waals surface area contributed by atoms with Gasteiger partial charge in [0.25, 0.3) is 11.7 Å². The van der Waals surface area contributed by atoms with Crippen LogP contribution in [0.3, 0.4) is 0 Å². The van der Waals surface area contributed by atoms with E-state index in [0.29, 0.717) is 5.69 Å². The van der Waals surface area contributed by atoms with E-state index in [9.17, 15) is 22.8 Å². The zero-order chi connectivity index (χ0) is 14.2. The summed E-state index contributed by atoms with van der Waals surface area (Å²) in [5, 5.41) is 4.56. The molecule has 19 heavy (non-hydrogen) atoms. The molecule has 0 spiro atoms. The SMILES string of the molecule is CC1=NN(c2ccccc2)C(=O)C1C(=O)C(F)(F)F. The number of rotatable bonds is 2. The molecule has 0 aliphatic carbocycles. The Morgan fingerprint density at radius 3 is 2.37 bits per heavy atom. The Kier molecular flexibility index (Phi) is 3.13. The number of amides is 1. The molecule has 2 rings (SSSR count). The van der Waals surface area contributed by atoms with Gasteiger partial charge in [0.2, 0.25) is 0 Å². The van der Waals surface area contributed by atoms with Crippen molar-refractivity contribution in [1.82, 2.24) is 0 Å². The lowest BCUT2D eigenvalue weighted by Gasteiger charge is -2.14. The maximum absolute atomic E-state index is 12.4. The van der Waals surface area contributed by atoms with Gasteiger partial charge < -0.3 is 0 Å². The van der Waals surface area contributed by atoms with Gasteiger partial charge in [-0.15, -0.1) is 0 Å². The second kappa shape index (κ2) is 4.49. The lowest BCUT2D eigenvalue weighted by Crippen LogP contribution is -2.40. The van der Waals surface area contributed by atoms with Gasteiger partial charge in [0.15, 0.2) is 0 Å². The third kappa shape index (κ3) is 2.35. The van der Waals surface area contributed by atoms with Gasteiger partial charge in [-0.3, -0.25) is 9.59 Å². The van der Waals surface area contributed by atoms with Gasteiger partial charge in [0, 0.05) is 0 Å². The minimum atomic E-state index is -5.05. The van der Waals surface area contributed by atoms with Crippen molar-refractivity contribution >= 4 is 23.1 Å². The van der Waals surface area contributed by atoms with Crippen molar-refractivity contribution in [2.24, 2.45) is 11.0 Å². The number of carbonyl (C=O) groups is 2. The highest BCUT2D eigenvalue weighted by Gasteiger charge is 2.51. The Bertz CT molecular complexity index is 552. The zero-order valence-electron chi connectivity index (χ0n) is 9.81. The Labute approximate surface area is 106 Å². The van der Waals surface area contributed by atoms with Gasteiger partial charge in [-0.2, -0.15) is 23.3 Å². The molecule has 7 heteroatoms. The molecule has 1 amide bonds. The van der Waals surface area contributed by atoms with Crippen LogP contribution >= 0.6 is 0 Å². The number of Topliss-reactive ketones (excluding diaryl/α,β-unsaturated/α-hetero) is 1. The molecule has 0 saturated heterocycles. The third-order valence-corrected chi connectivity index (χ3v) is 2.67. The highest BCUT2D eigenvalue weighted by atomic mass is 19.4. The van der Waals surface area contributed by atoms with Crippen LogP contribution < -0.4 is 5.01 Å². The molecule has 1 aliphatic rings. The number of hydrazone groups is 1. The molecule has 0 fully saturated rings. The number of nitrogens with zero attached hydrogens (tertiary/aromatic N) is 2. The molecule has 1 aromatic carbocycles. The highest BCUT2D eigenvalue weighted by Crippen LogP contribution is 2.29. The molecule has 1 unspecified atom stereocenters. The third-order valence-electron chi connectivity index (χ3n) is 2.67. The number of alkyl halides is 3. The number of hydrogen-bond acceptors (Lipinski definition) is 3. The molecule has 1 aliphatic heterocycles. The molecule has 0 bridgehead atoms. The minimum Gasteiger partial charge on any atom is -0.288 e. The number of carbonyl (C=O) groups excluding carboxylic acids is 2. The summed E-state index contributed by atoms with van der Waals surface area (Å²) in [5.74, 6) is -4.94. The van der Waals surface area contributed by atoms with Crippen LogP contribution in [0.2, 0.25) is 0 Å². The molecule has 0 aromatic heterocycles. The molecule has 0 saturated carbocycles. The van der Waals surface area contributed by atoms with Gasteiger partial charge in [0.05, 0.1) is 11.4 Å². The number of hydrogen-bond donors (Lipinski definition) is 0. The number of ketones is 1. The summed E-state index contributed by atoms with van der Waals surface area (Å²) in [7, 11) is 0. The molecule has 0 radical (unpaired) electrons. The molecular weight excluding hydrogens is 261 g/mol. The van der Waals surface area contributed by atoms with Crippen LogP contribution in [0, 0.1) is 5.92 Å². The van der Waals surface area contributed by atoms with Crippen LogP contribution in [-0.4, -0.2) is 23.6 Å². The number of anilines is 1. The summed E-state index contributed by atoms with van der Waals surface area (Å²) in [6, 6.07) is 7.97. The Morgan fingerprint density at radius 1 is 1.26 bits per heavy atom. The van der Waals surface area contributed by atoms with E-state index in [-0.39, 0.29) is 5.71 Å². The van der Waals surface area contributed by atoms with E-state index < -0.39 is 23.8 Å². The highest BCUT2D eigenvalue weighted by molar-refractivity contribution is 6.27. The fraction of sp³-hybridized carbons (Fsp3) is 0.250. The first kappa shape index (κ1) is 13.3. The van der Waals surface area contributed by atoms with Gasteiger partial charge in [-0.25, -0.2) is 0 Å². The van der Waals surface area contributed by atoms with Crippen molar-refractivity contribution in [2.75, 3.05) is 5.01 Å². The van der Waals surface area contributed by atoms with E-state index in [1.807, 2.05) is 0 Å². The Morgan fingerprint density at radius 2 is 1.84 bits per heavy atom. The first-order valence-electron chi connectivity index (χ1n) is 5.37. The smallest absolute Gasteiger partial charge is 0.288 e. The van der Waals surface area contributed by atoms with E-state index in [0.717, 1.165) is 5.01 Å². The van der Waals surface area contributed by atoms with Crippen molar-refractivity contribution in [3.8, 4) is 0 Å². The summed E-state index contributed by atoms with van der Waals surface area (Å²) in [4.78, 5) is 23.1. The lowest BCUT2D eigenvalue weighted by molar-refractivity contribution is -0.174. The van der Waals surface area contributed by atoms with Gasteiger partial charge in [-0.05, 0) is 19.1 Å². The van der Waals surface area contributed by atoms with Crippen LogP contribution in [0.25, 0.3) is 0 Å². The summed E-state index contributed by atoms with van der Waals surface area (Å²) in [6.45, 7) is 1.23. The van der Waals surface area contributed by atoms with Crippen molar-refractivity contribution in [2.45, 2.75) is 13.1 Å². The molecule has 1 heterocycles. The van der Waals surface area contributed by atoms with Gasteiger partial charge in [-0.1, -0.05) is 18.2 Å². The average Bonchev–Trinajstić information content (AvgIpc) is 2.64. The van der Waals surface area contributed by atoms with Gasteiger partial charge >= 0.3 is 6.18 Å². The largest absolute Gasteiger partial charge is 0.451 e. The number of benzene rings is 1. The predicted molar refractivity (Wildman–Crippen MR) is 61.6 cm³/mol. The topological polar surface area (TPSA) is 49.7 Å². The van der Waals surface area contributed by atoms with Crippen LogP contribution in [0.4, 0.5) is 18.9 Å². The van der Waals surface area contributed by atoms with E-state index in [4.69, 9.17) is 0 Å². The molecular formula is C12H9F3N2O2. The maximum Gasteiger partial charge on any atom is 0.451 e. The summed E-state index contributed by atoms with van der Waals surface area (Å²) in [5.41, 5.74) is 0.167. The Balaban J connectivity index is 2.32. The van der Waals surface area contributed by atoms with Crippen molar-refractivity contribution < 1.29 is 22.8 Å². The fourth-order valence-corrected chi connectivity index (χ4v) is 1.79. The summed E-state index contributed by atoms with van der Waals surface area (Å²) >= 11 is 0. The van der Waals surface area contributed by atoms with E-state index >= 15 is 0 Å². The Hall–Kier alpha value is -2.18. The molecule has 4 nitrogen and oxygen atoms in total. The number of halogens is 3. The van der Waals surface area contributed by atoms with Crippen LogP contribution in [0.1, 0.15) is 6.92 Å². The minimum absolute atomic E-state index is 0.156. The van der Waals surface area contributed by atoms with Gasteiger partial charge in [0.1, 0.15) is 5.92 Å². The van der Waals surface area contributed by atoms with Crippen LogP contribution in [-0.2, 0) is 9.59 Å².